The van der Waals surface area contributed by atoms with Gasteiger partial charge in [-0.1, -0.05) is 0 Å². The van der Waals surface area contributed by atoms with Gasteiger partial charge in [0.05, 0.1) is 4.47 Å². The summed E-state index contributed by atoms with van der Waals surface area (Å²) in [5.74, 6) is 0.285. The average Bonchev–Trinajstić information content (AvgIpc) is 2.23. The standard InChI is InChI=1S/C11H12BrNO2/c1-7(14)13-6-2-3-8-9(13)4-5-10(15)11(8)12/h4-5,15H,2-3,6H2,1H3. The molecule has 0 saturated carbocycles. The third-order valence-corrected chi connectivity index (χ3v) is 3.56. The van der Waals surface area contributed by atoms with Crippen molar-refractivity contribution in [1.29, 1.82) is 0 Å². The van der Waals surface area contributed by atoms with Gasteiger partial charge in [0.1, 0.15) is 5.75 Å². The number of anilines is 1. The first-order valence-electron chi connectivity index (χ1n) is 4.89. The predicted molar refractivity (Wildman–Crippen MR) is 62.2 cm³/mol. The van der Waals surface area contributed by atoms with Crippen molar-refractivity contribution in [1.82, 2.24) is 0 Å². The first-order valence-corrected chi connectivity index (χ1v) is 5.69. The Labute approximate surface area is 96.8 Å². The van der Waals surface area contributed by atoms with Crippen LogP contribution in [-0.2, 0) is 11.2 Å². The lowest BCUT2D eigenvalue weighted by Crippen LogP contribution is -2.33. The van der Waals surface area contributed by atoms with Gasteiger partial charge in [-0.15, -0.1) is 0 Å². The smallest absolute Gasteiger partial charge is 0.223 e. The molecule has 80 valence electrons. The number of rotatable bonds is 0. The number of phenols is 1. The zero-order valence-corrected chi connectivity index (χ0v) is 10.0. The Kier molecular flexibility index (Phi) is 2.69. The van der Waals surface area contributed by atoms with E-state index < -0.39 is 0 Å². The molecule has 1 aromatic rings. The average molecular weight is 270 g/mol. The fraction of sp³-hybridized carbons (Fsp3) is 0.364. The number of carbonyl (C=O) groups excluding carboxylic acids is 1. The lowest BCUT2D eigenvalue weighted by atomic mass is 10.0. The van der Waals surface area contributed by atoms with Crippen molar-refractivity contribution < 1.29 is 9.90 Å². The summed E-state index contributed by atoms with van der Waals surface area (Å²) in [5.41, 5.74) is 1.94. The second-order valence-corrected chi connectivity index (χ2v) is 4.46. The molecular weight excluding hydrogens is 258 g/mol. The van der Waals surface area contributed by atoms with Crippen molar-refractivity contribution in [3.05, 3.63) is 22.2 Å². The van der Waals surface area contributed by atoms with Crippen LogP contribution in [0.25, 0.3) is 0 Å². The molecule has 0 aliphatic carbocycles. The Morgan fingerprint density at radius 2 is 2.27 bits per heavy atom. The Morgan fingerprint density at radius 3 is 2.93 bits per heavy atom. The van der Waals surface area contributed by atoms with Crippen LogP contribution in [-0.4, -0.2) is 17.6 Å². The van der Waals surface area contributed by atoms with Crippen LogP contribution in [0.1, 0.15) is 18.9 Å². The van der Waals surface area contributed by atoms with Gasteiger partial charge in [0, 0.05) is 19.2 Å². The first kappa shape index (κ1) is 10.5. The zero-order valence-electron chi connectivity index (χ0n) is 8.46. The molecule has 1 aliphatic heterocycles. The van der Waals surface area contributed by atoms with Gasteiger partial charge >= 0.3 is 0 Å². The molecule has 3 nitrogen and oxygen atoms in total. The van der Waals surface area contributed by atoms with Crippen LogP contribution in [0.3, 0.4) is 0 Å². The summed E-state index contributed by atoms with van der Waals surface area (Å²) in [7, 11) is 0. The highest BCUT2D eigenvalue weighted by atomic mass is 79.9. The molecule has 0 unspecified atom stereocenters. The lowest BCUT2D eigenvalue weighted by Gasteiger charge is -2.29. The van der Waals surface area contributed by atoms with E-state index in [2.05, 4.69) is 15.9 Å². The number of nitrogens with zero attached hydrogens (tertiary/aromatic N) is 1. The molecular formula is C11H12BrNO2. The van der Waals surface area contributed by atoms with Crippen molar-refractivity contribution in [2.24, 2.45) is 0 Å². The molecule has 0 atom stereocenters. The number of hydrogen-bond donors (Lipinski definition) is 1. The van der Waals surface area contributed by atoms with E-state index in [-0.39, 0.29) is 11.7 Å². The summed E-state index contributed by atoms with van der Waals surface area (Å²) < 4.78 is 0.714. The van der Waals surface area contributed by atoms with E-state index in [4.69, 9.17) is 0 Å². The SMILES string of the molecule is CC(=O)N1CCCc2c1ccc(O)c2Br. The Balaban J connectivity index is 2.54. The zero-order chi connectivity index (χ0) is 11.0. The van der Waals surface area contributed by atoms with Gasteiger partial charge in [0.25, 0.3) is 0 Å². The number of benzene rings is 1. The van der Waals surface area contributed by atoms with Crippen LogP contribution in [0.2, 0.25) is 0 Å². The maximum absolute atomic E-state index is 11.4. The maximum Gasteiger partial charge on any atom is 0.223 e. The van der Waals surface area contributed by atoms with Crippen LogP contribution in [0.15, 0.2) is 16.6 Å². The number of halogens is 1. The summed E-state index contributed by atoms with van der Waals surface area (Å²) in [5, 5.41) is 9.55. The van der Waals surface area contributed by atoms with Crippen molar-refractivity contribution >= 4 is 27.5 Å². The number of fused-ring (bicyclic) bond motifs is 1. The maximum atomic E-state index is 11.4. The van der Waals surface area contributed by atoms with Crippen molar-refractivity contribution in [2.45, 2.75) is 19.8 Å². The van der Waals surface area contributed by atoms with Crippen molar-refractivity contribution in [3.8, 4) is 5.75 Å². The van der Waals surface area contributed by atoms with Gasteiger partial charge in [-0.25, -0.2) is 0 Å². The van der Waals surface area contributed by atoms with Gasteiger partial charge in [0.2, 0.25) is 5.91 Å². The number of hydrogen-bond acceptors (Lipinski definition) is 2. The highest BCUT2D eigenvalue weighted by Crippen LogP contribution is 2.38. The fourth-order valence-electron chi connectivity index (χ4n) is 1.95. The van der Waals surface area contributed by atoms with E-state index >= 15 is 0 Å². The molecule has 1 N–H and O–H groups in total. The highest BCUT2D eigenvalue weighted by Gasteiger charge is 2.22. The molecule has 0 spiro atoms. The van der Waals surface area contributed by atoms with Gasteiger partial charge in [-0.2, -0.15) is 0 Å². The summed E-state index contributed by atoms with van der Waals surface area (Å²) in [4.78, 5) is 13.2. The van der Waals surface area contributed by atoms with E-state index in [1.807, 2.05) is 0 Å². The molecule has 0 fully saturated rings. The molecule has 2 rings (SSSR count). The van der Waals surface area contributed by atoms with Gasteiger partial charge in [-0.05, 0) is 46.5 Å². The molecule has 15 heavy (non-hydrogen) atoms. The van der Waals surface area contributed by atoms with Crippen LogP contribution >= 0.6 is 15.9 Å². The molecule has 0 bridgehead atoms. The number of carbonyl (C=O) groups is 1. The van der Waals surface area contributed by atoms with Gasteiger partial charge in [0.15, 0.2) is 0 Å². The van der Waals surface area contributed by atoms with Crippen LogP contribution in [0.5, 0.6) is 5.75 Å². The van der Waals surface area contributed by atoms with E-state index in [0.29, 0.717) is 4.47 Å². The summed E-state index contributed by atoms with van der Waals surface area (Å²) in [6.07, 6.45) is 1.84. The number of amides is 1. The normalized spacial score (nSPS) is 14.9. The molecule has 0 saturated heterocycles. The lowest BCUT2D eigenvalue weighted by molar-refractivity contribution is -0.116. The van der Waals surface area contributed by atoms with Crippen LogP contribution < -0.4 is 4.90 Å². The molecule has 1 amide bonds. The molecule has 1 heterocycles. The second kappa shape index (κ2) is 3.85. The third kappa shape index (κ3) is 1.74. The van der Waals surface area contributed by atoms with Crippen LogP contribution in [0, 0.1) is 0 Å². The van der Waals surface area contributed by atoms with Crippen molar-refractivity contribution in [2.75, 3.05) is 11.4 Å². The Morgan fingerprint density at radius 1 is 1.53 bits per heavy atom. The minimum Gasteiger partial charge on any atom is -0.507 e. The highest BCUT2D eigenvalue weighted by molar-refractivity contribution is 9.10. The largest absolute Gasteiger partial charge is 0.507 e. The molecule has 0 aromatic heterocycles. The summed E-state index contributed by atoms with van der Waals surface area (Å²) >= 11 is 3.35. The molecule has 0 radical (unpaired) electrons. The van der Waals surface area contributed by atoms with E-state index in [1.165, 1.54) is 0 Å². The second-order valence-electron chi connectivity index (χ2n) is 3.67. The minimum absolute atomic E-state index is 0.0496. The molecule has 4 heteroatoms. The van der Waals surface area contributed by atoms with Crippen molar-refractivity contribution in [3.63, 3.8) is 0 Å². The quantitative estimate of drug-likeness (QED) is 0.786. The minimum atomic E-state index is 0.0496. The third-order valence-electron chi connectivity index (χ3n) is 2.68. The Bertz CT molecular complexity index is 417. The topological polar surface area (TPSA) is 40.5 Å². The fourth-order valence-corrected chi connectivity index (χ4v) is 2.48. The molecule has 1 aromatic carbocycles. The molecule has 1 aliphatic rings. The predicted octanol–water partition coefficient (Wildman–Crippen LogP) is 2.45. The van der Waals surface area contributed by atoms with E-state index in [1.54, 1.807) is 24.0 Å². The summed E-state index contributed by atoms with van der Waals surface area (Å²) in [6, 6.07) is 3.42. The van der Waals surface area contributed by atoms with Gasteiger partial charge < -0.3 is 10.0 Å². The monoisotopic (exact) mass is 269 g/mol. The first-order chi connectivity index (χ1) is 7.11. The van der Waals surface area contributed by atoms with Crippen LogP contribution in [0.4, 0.5) is 5.69 Å². The van der Waals surface area contributed by atoms with Gasteiger partial charge in [-0.3, -0.25) is 4.79 Å². The number of aromatic hydroxyl groups is 1. The summed E-state index contributed by atoms with van der Waals surface area (Å²) in [6.45, 7) is 2.33. The Hall–Kier alpha value is -1.03. The number of phenolic OH excluding ortho intramolecular Hbond substituents is 1. The van der Waals surface area contributed by atoms with E-state index in [0.717, 1.165) is 30.6 Å². The van der Waals surface area contributed by atoms with E-state index in [9.17, 15) is 9.90 Å².